The molecule has 0 radical (unpaired) electrons. The average Bonchev–Trinajstić information content (AvgIpc) is 2.58. The van der Waals surface area contributed by atoms with Gasteiger partial charge < -0.3 is 15.5 Å². The minimum Gasteiger partial charge on any atom is -0.370 e. The maximum absolute atomic E-state index is 5.34. The molecule has 0 spiro atoms. The van der Waals surface area contributed by atoms with Gasteiger partial charge >= 0.3 is 0 Å². The van der Waals surface area contributed by atoms with Crippen molar-refractivity contribution in [3.8, 4) is 0 Å². The molecule has 0 aliphatic rings. The normalized spacial score (nSPS) is 10.2. The van der Waals surface area contributed by atoms with Crippen LogP contribution in [0.3, 0.4) is 0 Å². The SMILES string of the molecule is CCN(CCNC(=S)NCc1ccccc1)c1cccc(C)c1. The molecule has 0 saturated heterocycles. The van der Waals surface area contributed by atoms with Crippen molar-refractivity contribution in [3.63, 3.8) is 0 Å². The monoisotopic (exact) mass is 327 g/mol. The summed E-state index contributed by atoms with van der Waals surface area (Å²) in [6, 6.07) is 18.9. The van der Waals surface area contributed by atoms with Gasteiger partial charge in [0.1, 0.15) is 0 Å². The van der Waals surface area contributed by atoms with Crippen molar-refractivity contribution < 1.29 is 0 Å². The number of nitrogens with one attached hydrogen (secondary N) is 2. The van der Waals surface area contributed by atoms with E-state index in [0.717, 1.165) is 26.2 Å². The number of aryl methyl sites for hydroxylation is 1. The van der Waals surface area contributed by atoms with Crippen LogP contribution < -0.4 is 15.5 Å². The summed E-state index contributed by atoms with van der Waals surface area (Å²) in [5.74, 6) is 0. The molecule has 2 aromatic carbocycles. The first kappa shape index (κ1) is 17.3. The molecule has 122 valence electrons. The standard InChI is InChI=1S/C19H25N3S/c1-3-22(18-11-7-8-16(2)14-18)13-12-20-19(23)21-15-17-9-5-4-6-10-17/h4-11,14H,3,12-13,15H2,1-2H3,(H2,20,21,23). The third kappa shape index (κ3) is 5.91. The number of nitrogens with zero attached hydrogens (tertiary/aromatic N) is 1. The van der Waals surface area contributed by atoms with E-state index in [1.54, 1.807) is 0 Å². The zero-order valence-corrected chi connectivity index (χ0v) is 14.7. The van der Waals surface area contributed by atoms with Crippen molar-refractivity contribution in [3.05, 3.63) is 65.7 Å². The first-order valence-electron chi connectivity index (χ1n) is 8.06. The second-order valence-electron chi connectivity index (χ2n) is 5.51. The van der Waals surface area contributed by atoms with E-state index in [0.29, 0.717) is 5.11 Å². The lowest BCUT2D eigenvalue weighted by atomic mass is 10.2. The van der Waals surface area contributed by atoms with E-state index < -0.39 is 0 Å². The highest BCUT2D eigenvalue weighted by molar-refractivity contribution is 7.80. The molecular formula is C19H25N3S. The molecule has 0 fully saturated rings. The van der Waals surface area contributed by atoms with Crippen LogP contribution in [-0.4, -0.2) is 24.7 Å². The van der Waals surface area contributed by atoms with E-state index in [2.05, 4.69) is 65.8 Å². The third-order valence-corrected chi connectivity index (χ3v) is 4.00. The van der Waals surface area contributed by atoms with Gasteiger partial charge in [0.15, 0.2) is 5.11 Å². The Labute approximate surface area is 144 Å². The van der Waals surface area contributed by atoms with Crippen molar-refractivity contribution in [2.24, 2.45) is 0 Å². The van der Waals surface area contributed by atoms with Crippen LogP contribution in [0.2, 0.25) is 0 Å². The van der Waals surface area contributed by atoms with Crippen LogP contribution in [0.5, 0.6) is 0 Å². The molecule has 0 aromatic heterocycles. The van der Waals surface area contributed by atoms with Gasteiger partial charge in [-0.1, -0.05) is 42.5 Å². The predicted molar refractivity (Wildman–Crippen MR) is 103 cm³/mol. The van der Waals surface area contributed by atoms with Crippen LogP contribution in [0.15, 0.2) is 54.6 Å². The number of hydrogen-bond acceptors (Lipinski definition) is 2. The molecule has 2 aromatic rings. The van der Waals surface area contributed by atoms with E-state index in [1.807, 2.05) is 18.2 Å². The molecule has 2 rings (SSSR count). The summed E-state index contributed by atoms with van der Waals surface area (Å²) in [5, 5.41) is 7.23. The number of thiocarbonyl (C=S) groups is 1. The Morgan fingerprint density at radius 3 is 2.52 bits per heavy atom. The Kier molecular flexibility index (Phi) is 6.88. The van der Waals surface area contributed by atoms with Gasteiger partial charge in [0.05, 0.1) is 0 Å². The molecule has 4 heteroatoms. The van der Waals surface area contributed by atoms with E-state index in [9.17, 15) is 0 Å². The summed E-state index contributed by atoms with van der Waals surface area (Å²) in [5.41, 5.74) is 3.78. The lowest BCUT2D eigenvalue weighted by Crippen LogP contribution is -2.40. The van der Waals surface area contributed by atoms with Crippen molar-refractivity contribution >= 4 is 23.0 Å². The summed E-state index contributed by atoms with van der Waals surface area (Å²) in [7, 11) is 0. The van der Waals surface area contributed by atoms with Gasteiger partial charge in [-0.3, -0.25) is 0 Å². The van der Waals surface area contributed by atoms with Crippen LogP contribution in [0.25, 0.3) is 0 Å². The minimum absolute atomic E-state index is 0.703. The minimum atomic E-state index is 0.703. The Morgan fingerprint density at radius 1 is 1.04 bits per heavy atom. The zero-order valence-electron chi connectivity index (χ0n) is 13.9. The number of hydrogen-bond donors (Lipinski definition) is 2. The van der Waals surface area contributed by atoms with Crippen LogP contribution in [0, 0.1) is 6.92 Å². The molecule has 0 atom stereocenters. The van der Waals surface area contributed by atoms with Crippen molar-refractivity contribution in [1.82, 2.24) is 10.6 Å². The van der Waals surface area contributed by atoms with Crippen LogP contribution >= 0.6 is 12.2 Å². The van der Waals surface area contributed by atoms with E-state index in [1.165, 1.54) is 16.8 Å². The fourth-order valence-electron chi connectivity index (χ4n) is 2.44. The number of rotatable bonds is 7. The lowest BCUT2D eigenvalue weighted by molar-refractivity contribution is 0.760. The van der Waals surface area contributed by atoms with Gasteiger partial charge in [-0.25, -0.2) is 0 Å². The smallest absolute Gasteiger partial charge is 0.166 e. The molecule has 23 heavy (non-hydrogen) atoms. The highest BCUT2D eigenvalue weighted by Gasteiger charge is 2.04. The summed E-state index contributed by atoms with van der Waals surface area (Å²) in [4.78, 5) is 2.35. The third-order valence-electron chi connectivity index (χ3n) is 3.71. The Morgan fingerprint density at radius 2 is 1.83 bits per heavy atom. The Bertz CT molecular complexity index is 613. The van der Waals surface area contributed by atoms with Gasteiger partial charge in [0.2, 0.25) is 0 Å². The molecular weight excluding hydrogens is 302 g/mol. The quantitative estimate of drug-likeness (QED) is 0.761. The fourth-order valence-corrected chi connectivity index (χ4v) is 2.61. The maximum Gasteiger partial charge on any atom is 0.166 e. The second-order valence-corrected chi connectivity index (χ2v) is 5.92. The van der Waals surface area contributed by atoms with Gasteiger partial charge in [-0.15, -0.1) is 0 Å². The van der Waals surface area contributed by atoms with Crippen LogP contribution in [-0.2, 0) is 6.54 Å². The van der Waals surface area contributed by atoms with Gasteiger partial charge in [-0.05, 0) is 49.3 Å². The lowest BCUT2D eigenvalue weighted by Gasteiger charge is -2.24. The first-order valence-corrected chi connectivity index (χ1v) is 8.47. The summed E-state index contributed by atoms with van der Waals surface area (Å²) in [6.07, 6.45) is 0. The molecule has 0 heterocycles. The molecule has 2 N–H and O–H groups in total. The summed E-state index contributed by atoms with van der Waals surface area (Å²) >= 11 is 5.34. The Hall–Kier alpha value is -2.07. The molecule has 0 amide bonds. The molecule has 0 unspecified atom stereocenters. The second kappa shape index (κ2) is 9.16. The van der Waals surface area contributed by atoms with Crippen molar-refractivity contribution in [2.75, 3.05) is 24.5 Å². The largest absolute Gasteiger partial charge is 0.370 e. The number of benzene rings is 2. The topological polar surface area (TPSA) is 27.3 Å². The highest BCUT2D eigenvalue weighted by Crippen LogP contribution is 2.14. The maximum atomic E-state index is 5.34. The predicted octanol–water partition coefficient (Wildman–Crippen LogP) is 3.49. The molecule has 3 nitrogen and oxygen atoms in total. The highest BCUT2D eigenvalue weighted by atomic mass is 32.1. The first-order chi connectivity index (χ1) is 11.2. The molecule has 0 bridgehead atoms. The van der Waals surface area contributed by atoms with Gasteiger partial charge in [0, 0.05) is 31.9 Å². The van der Waals surface area contributed by atoms with Crippen molar-refractivity contribution in [1.29, 1.82) is 0 Å². The van der Waals surface area contributed by atoms with Gasteiger partial charge in [-0.2, -0.15) is 0 Å². The van der Waals surface area contributed by atoms with E-state index >= 15 is 0 Å². The number of likely N-dealkylation sites (N-methyl/N-ethyl adjacent to an activating group) is 1. The zero-order chi connectivity index (χ0) is 16.5. The number of anilines is 1. The molecule has 0 saturated carbocycles. The summed E-state index contributed by atoms with van der Waals surface area (Å²) < 4.78 is 0. The van der Waals surface area contributed by atoms with E-state index in [-0.39, 0.29) is 0 Å². The van der Waals surface area contributed by atoms with Gasteiger partial charge in [0.25, 0.3) is 0 Å². The molecule has 0 aliphatic carbocycles. The average molecular weight is 327 g/mol. The van der Waals surface area contributed by atoms with Crippen LogP contribution in [0.4, 0.5) is 5.69 Å². The van der Waals surface area contributed by atoms with Crippen molar-refractivity contribution in [2.45, 2.75) is 20.4 Å². The Balaban J connectivity index is 1.73. The molecule has 0 aliphatic heterocycles. The fraction of sp³-hybridized carbons (Fsp3) is 0.316. The van der Waals surface area contributed by atoms with E-state index in [4.69, 9.17) is 12.2 Å². The van der Waals surface area contributed by atoms with Crippen LogP contribution in [0.1, 0.15) is 18.1 Å². The summed E-state index contributed by atoms with van der Waals surface area (Å²) in [6.45, 7) is 7.78.